The quantitative estimate of drug-likeness (QED) is 0.604. The van der Waals surface area contributed by atoms with Crippen LogP contribution < -0.4 is 4.74 Å². The fourth-order valence-electron chi connectivity index (χ4n) is 1.66. The summed E-state index contributed by atoms with van der Waals surface area (Å²) in [6.45, 7) is 3.90. The van der Waals surface area contributed by atoms with Crippen LogP contribution in [0.25, 0.3) is 0 Å². The summed E-state index contributed by atoms with van der Waals surface area (Å²) < 4.78 is 6.34. The zero-order valence-corrected chi connectivity index (χ0v) is 12.1. The van der Waals surface area contributed by atoms with Gasteiger partial charge in [-0.3, -0.25) is 10.1 Å². The van der Waals surface area contributed by atoms with Gasteiger partial charge in [-0.1, -0.05) is 28.1 Å². The molecule has 2 rings (SSSR count). The largest absolute Gasteiger partial charge is 0.457 e. The van der Waals surface area contributed by atoms with E-state index in [0.29, 0.717) is 16.0 Å². The molecule has 0 atom stereocenters. The predicted octanol–water partition coefficient (Wildman–Crippen LogP) is 4.77. The smallest absolute Gasteiger partial charge is 0.274 e. The molecule has 0 unspecified atom stereocenters. The Bertz CT molecular complexity index is 641. The number of nitro benzene ring substituents is 1. The third-order valence-corrected chi connectivity index (χ3v) is 3.10. The summed E-state index contributed by atoms with van der Waals surface area (Å²) in [6, 6.07) is 10.4. The third-order valence-electron chi connectivity index (χ3n) is 2.64. The minimum absolute atomic E-state index is 0.00492. The Kier molecular flexibility index (Phi) is 3.85. The van der Waals surface area contributed by atoms with Crippen LogP contribution in [0.3, 0.4) is 0 Å². The Morgan fingerprint density at radius 2 is 1.89 bits per heavy atom. The van der Waals surface area contributed by atoms with Crippen molar-refractivity contribution in [2.45, 2.75) is 13.8 Å². The average Bonchev–Trinajstić information content (AvgIpc) is 2.33. The topological polar surface area (TPSA) is 52.4 Å². The van der Waals surface area contributed by atoms with Gasteiger partial charge in [-0.05, 0) is 37.1 Å². The van der Waals surface area contributed by atoms with E-state index in [0.717, 1.165) is 11.1 Å². The highest BCUT2D eigenvalue weighted by Gasteiger charge is 2.11. The van der Waals surface area contributed by atoms with Gasteiger partial charge in [0.25, 0.3) is 5.69 Å². The molecule has 0 aliphatic carbocycles. The summed E-state index contributed by atoms with van der Waals surface area (Å²) in [5.74, 6) is 1.14. The molecule has 2 aromatic carbocycles. The van der Waals surface area contributed by atoms with Crippen LogP contribution >= 0.6 is 15.9 Å². The van der Waals surface area contributed by atoms with Crippen molar-refractivity contribution in [2.24, 2.45) is 0 Å². The molecule has 0 N–H and O–H groups in total. The zero-order valence-electron chi connectivity index (χ0n) is 10.5. The number of halogens is 1. The summed E-state index contributed by atoms with van der Waals surface area (Å²) >= 11 is 3.24. The summed E-state index contributed by atoms with van der Waals surface area (Å²) in [4.78, 5) is 10.4. The monoisotopic (exact) mass is 321 g/mol. The van der Waals surface area contributed by atoms with Crippen molar-refractivity contribution in [1.29, 1.82) is 0 Å². The number of nitrogens with zero attached hydrogens (tertiary/aromatic N) is 1. The first-order chi connectivity index (χ1) is 8.95. The highest BCUT2D eigenvalue weighted by molar-refractivity contribution is 9.10. The summed E-state index contributed by atoms with van der Waals surface area (Å²) in [5.41, 5.74) is 2.05. The van der Waals surface area contributed by atoms with E-state index in [1.807, 2.05) is 32.0 Å². The van der Waals surface area contributed by atoms with Crippen molar-refractivity contribution in [1.82, 2.24) is 0 Å². The van der Waals surface area contributed by atoms with Crippen molar-refractivity contribution in [3.63, 3.8) is 0 Å². The van der Waals surface area contributed by atoms with E-state index in [9.17, 15) is 10.1 Å². The number of nitro groups is 1. The van der Waals surface area contributed by atoms with E-state index in [-0.39, 0.29) is 5.69 Å². The molecular weight excluding hydrogens is 310 g/mol. The molecular formula is C14H12BrNO3. The van der Waals surface area contributed by atoms with Crippen molar-refractivity contribution < 1.29 is 9.66 Å². The Morgan fingerprint density at radius 3 is 2.58 bits per heavy atom. The van der Waals surface area contributed by atoms with Crippen LogP contribution in [0.15, 0.2) is 40.9 Å². The lowest BCUT2D eigenvalue weighted by Crippen LogP contribution is -1.92. The van der Waals surface area contributed by atoms with Gasteiger partial charge in [0.2, 0.25) is 0 Å². The Labute approximate surface area is 119 Å². The number of aryl methyl sites for hydroxylation is 2. The second-order valence-corrected chi connectivity index (χ2v) is 5.19. The highest BCUT2D eigenvalue weighted by Crippen LogP contribution is 2.31. The number of hydrogen-bond acceptors (Lipinski definition) is 3. The van der Waals surface area contributed by atoms with Gasteiger partial charge in [-0.15, -0.1) is 0 Å². The SMILES string of the molecule is Cc1ccc(C)c(Oc2cc(Br)cc([N+](=O)[O-])c2)c1. The average molecular weight is 322 g/mol. The molecule has 0 saturated carbocycles. The molecule has 0 aliphatic heterocycles. The Hall–Kier alpha value is -1.88. The fourth-order valence-corrected chi connectivity index (χ4v) is 2.12. The molecule has 5 heteroatoms. The second-order valence-electron chi connectivity index (χ2n) is 4.27. The van der Waals surface area contributed by atoms with Crippen molar-refractivity contribution in [2.75, 3.05) is 0 Å². The molecule has 0 radical (unpaired) electrons. The maximum atomic E-state index is 10.8. The molecule has 0 aliphatic rings. The Morgan fingerprint density at radius 1 is 1.16 bits per heavy atom. The fraction of sp³-hybridized carbons (Fsp3) is 0.143. The summed E-state index contributed by atoms with van der Waals surface area (Å²) in [6.07, 6.45) is 0. The Balaban J connectivity index is 2.38. The third kappa shape index (κ3) is 3.32. The van der Waals surface area contributed by atoms with Gasteiger partial charge in [0.05, 0.1) is 11.0 Å². The number of hydrogen-bond donors (Lipinski definition) is 0. The van der Waals surface area contributed by atoms with Crippen LogP contribution in [-0.4, -0.2) is 4.92 Å². The molecule has 19 heavy (non-hydrogen) atoms. The standard InChI is InChI=1S/C14H12BrNO3/c1-9-3-4-10(2)14(5-9)19-13-7-11(15)6-12(8-13)16(17)18/h3-8H,1-2H3. The molecule has 2 aromatic rings. The van der Waals surface area contributed by atoms with Gasteiger partial charge in [-0.2, -0.15) is 0 Å². The lowest BCUT2D eigenvalue weighted by Gasteiger charge is -2.09. The number of non-ortho nitro benzene ring substituents is 1. The molecule has 4 nitrogen and oxygen atoms in total. The van der Waals surface area contributed by atoms with E-state index < -0.39 is 4.92 Å². The lowest BCUT2D eigenvalue weighted by atomic mass is 10.1. The summed E-state index contributed by atoms with van der Waals surface area (Å²) in [7, 11) is 0. The lowest BCUT2D eigenvalue weighted by molar-refractivity contribution is -0.385. The minimum atomic E-state index is -0.444. The predicted molar refractivity (Wildman–Crippen MR) is 76.8 cm³/mol. The van der Waals surface area contributed by atoms with E-state index in [2.05, 4.69) is 15.9 Å². The first-order valence-electron chi connectivity index (χ1n) is 5.66. The number of ether oxygens (including phenoxy) is 1. The van der Waals surface area contributed by atoms with Gasteiger partial charge < -0.3 is 4.74 Å². The molecule has 0 aromatic heterocycles. The molecule has 0 amide bonds. The van der Waals surface area contributed by atoms with Crippen LogP contribution in [0.4, 0.5) is 5.69 Å². The zero-order chi connectivity index (χ0) is 14.0. The normalized spacial score (nSPS) is 10.3. The van der Waals surface area contributed by atoms with Crippen LogP contribution in [0.5, 0.6) is 11.5 Å². The first-order valence-corrected chi connectivity index (χ1v) is 6.45. The summed E-state index contributed by atoms with van der Waals surface area (Å²) in [5, 5.41) is 10.8. The van der Waals surface area contributed by atoms with E-state index >= 15 is 0 Å². The molecule has 0 bridgehead atoms. The maximum Gasteiger partial charge on any atom is 0.274 e. The van der Waals surface area contributed by atoms with Crippen molar-refractivity contribution in [3.05, 3.63) is 62.1 Å². The maximum absolute atomic E-state index is 10.8. The van der Waals surface area contributed by atoms with Crippen LogP contribution in [0.2, 0.25) is 0 Å². The van der Waals surface area contributed by atoms with Crippen LogP contribution in [0, 0.1) is 24.0 Å². The van der Waals surface area contributed by atoms with E-state index in [4.69, 9.17) is 4.74 Å². The van der Waals surface area contributed by atoms with E-state index in [1.54, 1.807) is 6.07 Å². The van der Waals surface area contributed by atoms with Crippen LogP contribution in [0.1, 0.15) is 11.1 Å². The molecule has 0 spiro atoms. The van der Waals surface area contributed by atoms with Crippen molar-refractivity contribution in [3.8, 4) is 11.5 Å². The van der Waals surface area contributed by atoms with Crippen molar-refractivity contribution >= 4 is 21.6 Å². The molecule has 0 saturated heterocycles. The molecule has 0 fully saturated rings. The first kappa shape index (κ1) is 13.5. The van der Waals surface area contributed by atoms with Gasteiger partial charge in [-0.25, -0.2) is 0 Å². The van der Waals surface area contributed by atoms with Crippen LogP contribution in [-0.2, 0) is 0 Å². The molecule has 98 valence electrons. The second kappa shape index (κ2) is 5.40. The van der Waals surface area contributed by atoms with E-state index in [1.165, 1.54) is 12.1 Å². The number of benzene rings is 2. The molecule has 0 heterocycles. The highest BCUT2D eigenvalue weighted by atomic mass is 79.9. The van der Waals surface area contributed by atoms with Gasteiger partial charge in [0.15, 0.2) is 0 Å². The van der Waals surface area contributed by atoms with Gasteiger partial charge in [0.1, 0.15) is 11.5 Å². The van der Waals surface area contributed by atoms with Gasteiger partial charge >= 0.3 is 0 Å². The number of rotatable bonds is 3. The minimum Gasteiger partial charge on any atom is -0.457 e. The van der Waals surface area contributed by atoms with Gasteiger partial charge in [0, 0.05) is 10.5 Å².